The van der Waals surface area contributed by atoms with Crippen LogP contribution < -0.4 is 10.6 Å². The first kappa shape index (κ1) is 9.05. The Bertz CT molecular complexity index is 436. The molecular formula is C10H11NO3. The van der Waals surface area contributed by atoms with E-state index in [1.165, 1.54) is 0 Å². The van der Waals surface area contributed by atoms with E-state index in [4.69, 9.17) is 15.1 Å². The molecule has 0 atom stereocenters. The Hall–Kier alpha value is -1.52. The Kier molecular flexibility index (Phi) is 2.39. The molecule has 0 fully saturated rings. The number of methoxy groups -OCH3 is 1. The van der Waals surface area contributed by atoms with E-state index in [9.17, 15) is 0 Å². The highest BCUT2D eigenvalue weighted by Gasteiger charge is 2.07. The maximum atomic E-state index is 5.50. The zero-order valence-electron chi connectivity index (χ0n) is 7.82. The monoisotopic (exact) mass is 193 g/mol. The summed E-state index contributed by atoms with van der Waals surface area (Å²) in [6.07, 6.45) is 0. The molecule has 4 heteroatoms. The van der Waals surface area contributed by atoms with Gasteiger partial charge in [-0.3, -0.25) is 4.84 Å². The van der Waals surface area contributed by atoms with E-state index < -0.39 is 0 Å². The van der Waals surface area contributed by atoms with Crippen LogP contribution in [0.5, 0.6) is 5.75 Å². The molecule has 1 aromatic carbocycles. The van der Waals surface area contributed by atoms with E-state index in [0.717, 1.165) is 11.0 Å². The van der Waals surface area contributed by atoms with Gasteiger partial charge in [0.2, 0.25) is 0 Å². The minimum atomic E-state index is 0.262. The number of benzene rings is 1. The molecule has 1 aromatic heterocycles. The number of para-hydroxylation sites is 1. The van der Waals surface area contributed by atoms with E-state index >= 15 is 0 Å². The normalized spacial score (nSPS) is 10.7. The van der Waals surface area contributed by atoms with Crippen molar-refractivity contribution in [1.82, 2.24) is 0 Å². The molecule has 1 heterocycles. The molecule has 4 nitrogen and oxygen atoms in total. The predicted octanol–water partition coefficient (Wildman–Crippen LogP) is 1.83. The van der Waals surface area contributed by atoms with Gasteiger partial charge in [-0.2, -0.15) is 0 Å². The second kappa shape index (κ2) is 3.69. The number of nitrogens with two attached hydrogens (primary N) is 1. The van der Waals surface area contributed by atoms with Gasteiger partial charge in [-0.1, -0.05) is 12.1 Å². The standard InChI is InChI=1S/C10H11NO3/c1-12-9-4-2-3-7-5-8(6-13-11)14-10(7)9/h2-5H,6,11H2,1H3. The van der Waals surface area contributed by atoms with Crippen LogP contribution in [0, 0.1) is 0 Å². The van der Waals surface area contributed by atoms with Crippen molar-refractivity contribution in [2.75, 3.05) is 7.11 Å². The van der Waals surface area contributed by atoms with Gasteiger partial charge in [-0.25, -0.2) is 5.90 Å². The van der Waals surface area contributed by atoms with E-state index in [2.05, 4.69) is 4.84 Å². The first-order valence-corrected chi connectivity index (χ1v) is 4.22. The zero-order chi connectivity index (χ0) is 9.97. The molecule has 0 saturated carbocycles. The van der Waals surface area contributed by atoms with Crippen molar-refractivity contribution in [1.29, 1.82) is 0 Å². The minimum absolute atomic E-state index is 0.262. The quantitative estimate of drug-likeness (QED) is 0.755. The lowest BCUT2D eigenvalue weighted by atomic mass is 10.2. The third-order valence-corrected chi connectivity index (χ3v) is 2.00. The summed E-state index contributed by atoms with van der Waals surface area (Å²) in [5, 5.41) is 0.983. The molecule has 0 unspecified atom stereocenters. The largest absolute Gasteiger partial charge is 0.493 e. The van der Waals surface area contributed by atoms with Gasteiger partial charge in [-0.15, -0.1) is 0 Å². The summed E-state index contributed by atoms with van der Waals surface area (Å²) >= 11 is 0. The molecule has 74 valence electrons. The number of ether oxygens (including phenoxy) is 1. The number of furan rings is 1. The van der Waals surface area contributed by atoms with Gasteiger partial charge in [0.15, 0.2) is 11.3 Å². The van der Waals surface area contributed by atoms with E-state index in [0.29, 0.717) is 11.5 Å². The second-order valence-electron chi connectivity index (χ2n) is 2.90. The number of fused-ring (bicyclic) bond motifs is 1. The number of hydrogen-bond donors (Lipinski definition) is 1. The van der Waals surface area contributed by atoms with Crippen molar-refractivity contribution < 1.29 is 14.0 Å². The van der Waals surface area contributed by atoms with Crippen molar-refractivity contribution in [2.24, 2.45) is 5.90 Å². The van der Waals surface area contributed by atoms with E-state index in [-0.39, 0.29) is 6.61 Å². The molecule has 2 N–H and O–H groups in total. The Morgan fingerprint density at radius 1 is 1.43 bits per heavy atom. The topological polar surface area (TPSA) is 57.6 Å². The van der Waals surface area contributed by atoms with Crippen molar-refractivity contribution in [2.45, 2.75) is 6.61 Å². The van der Waals surface area contributed by atoms with Crippen molar-refractivity contribution in [3.63, 3.8) is 0 Å². The highest BCUT2D eigenvalue weighted by molar-refractivity contribution is 5.83. The number of hydrogen-bond acceptors (Lipinski definition) is 4. The Labute approximate surface area is 81.2 Å². The molecule has 0 radical (unpaired) electrons. The van der Waals surface area contributed by atoms with Crippen LogP contribution in [0.3, 0.4) is 0 Å². The van der Waals surface area contributed by atoms with Gasteiger partial charge in [0.1, 0.15) is 12.4 Å². The summed E-state index contributed by atoms with van der Waals surface area (Å²) in [5.74, 6) is 6.36. The maximum Gasteiger partial charge on any atom is 0.176 e. The number of rotatable bonds is 3. The van der Waals surface area contributed by atoms with Crippen LogP contribution in [0.15, 0.2) is 28.7 Å². The molecule has 0 aliphatic rings. The zero-order valence-corrected chi connectivity index (χ0v) is 7.82. The summed E-state index contributed by atoms with van der Waals surface area (Å²) in [5.41, 5.74) is 0.724. The van der Waals surface area contributed by atoms with Crippen molar-refractivity contribution >= 4 is 11.0 Å². The van der Waals surface area contributed by atoms with Gasteiger partial charge in [-0.05, 0) is 12.1 Å². The van der Waals surface area contributed by atoms with Gasteiger partial charge < -0.3 is 9.15 Å². The van der Waals surface area contributed by atoms with Crippen LogP contribution in [0.2, 0.25) is 0 Å². The molecular weight excluding hydrogens is 182 g/mol. The van der Waals surface area contributed by atoms with Crippen LogP contribution in [-0.2, 0) is 11.4 Å². The fourth-order valence-corrected chi connectivity index (χ4v) is 1.40. The van der Waals surface area contributed by atoms with E-state index in [1.54, 1.807) is 7.11 Å². The summed E-state index contributed by atoms with van der Waals surface area (Å²) in [6, 6.07) is 7.58. The predicted molar refractivity (Wildman–Crippen MR) is 51.7 cm³/mol. The third kappa shape index (κ3) is 1.45. The summed E-state index contributed by atoms with van der Waals surface area (Å²) < 4.78 is 10.7. The fraction of sp³-hybridized carbons (Fsp3) is 0.200. The van der Waals surface area contributed by atoms with Crippen LogP contribution in [0.1, 0.15) is 5.76 Å². The summed E-state index contributed by atoms with van der Waals surface area (Å²) in [6.45, 7) is 0.262. The van der Waals surface area contributed by atoms with Crippen LogP contribution in [0.25, 0.3) is 11.0 Å². The van der Waals surface area contributed by atoms with E-state index in [1.807, 2.05) is 24.3 Å². The summed E-state index contributed by atoms with van der Waals surface area (Å²) in [4.78, 5) is 4.50. The lowest BCUT2D eigenvalue weighted by molar-refractivity contribution is 0.110. The molecule has 2 rings (SSSR count). The molecule has 0 aliphatic heterocycles. The van der Waals surface area contributed by atoms with Crippen LogP contribution in [-0.4, -0.2) is 7.11 Å². The van der Waals surface area contributed by atoms with Crippen molar-refractivity contribution in [3.8, 4) is 5.75 Å². The highest BCUT2D eigenvalue weighted by atomic mass is 16.6. The van der Waals surface area contributed by atoms with Crippen LogP contribution in [0.4, 0.5) is 0 Å². The van der Waals surface area contributed by atoms with Crippen molar-refractivity contribution in [3.05, 3.63) is 30.0 Å². The smallest absolute Gasteiger partial charge is 0.176 e. The average Bonchev–Trinajstić information content (AvgIpc) is 2.60. The highest BCUT2D eigenvalue weighted by Crippen LogP contribution is 2.28. The SMILES string of the molecule is COc1cccc2cc(CON)oc12. The van der Waals surface area contributed by atoms with Gasteiger partial charge in [0, 0.05) is 5.39 Å². The molecule has 0 aliphatic carbocycles. The lowest BCUT2D eigenvalue weighted by Gasteiger charge is -1.98. The Morgan fingerprint density at radius 3 is 3.00 bits per heavy atom. The van der Waals surface area contributed by atoms with Gasteiger partial charge >= 0.3 is 0 Å². The average molecular weight is 193 g/mol. The Balaban J connectivity index is 2.52. The lowest BCUT2D eigenvalue weighted by Crippen LogP contribution is -1.96. The molecule has 0 spiro atoms. The maximum absolute atomic E-state index is 5.50. The molecule has 0 bridgehead atoms. The fourth-order valence-electron chi connectivity index (χ4n) is 1.40. The molecule has 2 aromatic rings. The van der Waals surface area contributed by atoms with Gasteiger partial charge in [0.05, 0.1) is 7.11 Å². The van der Waals surface area contributed by atoms with Crippen LogP contribution >= 0.6 is 0 Å². The Morgan fingerprint density at radius 2 is 2.29 bits per heavy atom. The third-order valence-electron chi connectivity index (χ3n) is 2.00. The second-order valence-corrected chi connectivity index (χ2v) is 2.90. The minimum Gasteiger partial charge on any atom is -0.493 e. The van der Waals surface area contributed by atoms with Gasteiger partial charge in [0.25, 0.3) is 0 Å². The first-order chi connectivity index (χ1) is 6.85. The molecule has 14 heavy (non-hydrogen) atoms. The first-order valence-electron chi connectivity index (χ1n) is 4.22. The molecule has 0 saturated heterocycles. The summed E-state index contributed by atoms with van der Waals surface area (Å²) in [7, 11) is 1.61. The molecule has 0 amide bonds.